The van der Waals surface area contributed by atoms with Crippen LogP contribution in [-0.4, -0.2) is 4.92 Å². The number of ether oxygens (including phenoxy) is 1. The molecule has 0 N–H and O–H groups in total. The monoisotopic (exact) mass is 336 g/mol. The second kappa shape index (κ2) is 5.67. The van der Waals surface area contributed by atoms with Gasteiger partial charge in [-0.25, -0.2) is 4.39 Å². The quantitative estimate of drug-likeness (QED) is 0.622. The van der Waals surface area contributed by atoms with Gasteiger partial charge < -0.3 is 4.74 Å². The fraction of sp³-hybridized carbons (Fsp3) is 0. The van der Waals surface area contributed by atoms with Gasteiger partial charge in [0.1, 0.15) is 11.6 Å². The Kier molecular flexibility index (Phi) is 3.96. The van der Waals surface area contributed by atoms with Crippen molar-refractivity contribution in [1.29, 1.82) is 5.26 Å². The lowest BCUT2D eigenvalue weighted by atomic mass is 10.2. The van der Waals surface area contributed by atoms with Crippen LogP contribution in [-0.2, 0) is 0 Å². The minimum atomic E-state index is -0.635. The lowest BCUT2D eigenvalue weighted by Gasteiger charge is -2.08. The Labute approximate surface area is 121 Å². The van der Waals surface area contributed by atoms with E-state index in [0.717, 1.165) is 6.07 Å². The highest BCUT2D eigenvalue weighted by Gasteiger charge is 2.17. The summed E-state index contributed by atoms with van der Waals surface area (Å²) in [4.78, 5) is 10.3. The molecule has 0 aliphatic heterocycles. The summed E-state index contributed by atoms with van der Waals surface area (Å²) in [6.07, 6.45) is 0. The molecule has 2 aromatic carbocycles. The van der Waals surface area contributed by atoms with Crippen LogP contribution in [0, 0.1) is 27.3 Å². The van der Waals surface area contributed by atoms with E-state index < -0.39 is 10.7 Å². The first-order valence-corrected chi connectivity index (χ1v) is 6.12. The molecule has 2 rings (SSSR count). The Hall–Kier alpha value is -2.46. The first kappa shape index (κ1) is 14.0. The standard InChI is InChI=1S/C13H6BrFN2O3/c14-10-3-2-9(15)6-12(10)20-13-5-8(7-16)1-4-11(13)17(18)19/h1-6H. The summed E-state index contributed by atoms with van der Waals surface area (Å²) in [5.41, 5.74) is -0.0988. The Morgan fingerprint density at radius 3 is 2.65 bits per heavy atom. The van der Waals surface area contributed by atoms with Crippen LogP contribution in [0.2, 0.25) is 0 Å². The van der Waals surface area contributed by atoms with E-state index >= 15 is 0 Å². The van der Waals surface area contributed by atoms with Gasteiger partial charge in [0.2, 0.25) is 5.75 Å². The van der Waals surface area contributed by atoms with Crippen LogP contribution in [0.1, 0.15) is 5.56 Å². The summed E-state index contributed by atoms with van der Waals surface area (Å²) < 4.78 is 19.0. The van der Waals surface area contributed by atoms with Crippen molar-refractivity contribution in [2.24, 2.45) is 0 Å². The maximum atomic E-state index is 13.2. The van der Waals surface area contributed by atoms with E-state index in [9.17, 15) is 14.5 Å². The van der Waals surface area contributed by atoms with E-state index in [-0.39, 0.29) is 22.7 Å². The molecule has 20 heavy (non-hydrogen) atoms. The van der Waals surface area contributed by atoms with Crippen LogP contribution < -0.4 is 4.74 Å². The predicted octanol–water partition coefficient (Wildman–Crippen LogP) is 4.16. The minimum Gasteiger partial charge on any atom is -0.449 e. The highest BCUT2D eigenvalue weighted by atomic mass is 79.9. The maximum Gasteiger partial charge on any atom is 0.311 e. The molecular weight excluding hydrogens is 331 g/mol. The zero-order valence-corrected chi connectivity index (χ0v) is 11.4. The number of benzene rings is 2. The lowest BCUT2D eigenvalue weighted by Crippen LogP contribution is -1.95. The fourth-order valence-electron chi connectivity index (χ4n) is 1.49. The second-order valence-corrected chi connectivity index (χ2v) is 4.58. The number of nitro groups is 1. The molecule has 0 aromatic heterocycles. The predicted molar refractivity (Wildman–Crippen MR) is 72.0 cm³/mol. The first-order chi connectivity index (χ1) is 9.51. The van der Waals surface area contributed by atoms with Gasteiger partial charge in [0, 0.05) is 18.2 Å². The van der Waals surface area contributed by atoms with Crippen LogP contribution in [0.5, 0.6) is 11.5 Å². The van der Waals surface area contributed by atoms with Gasteiger partial charge in [0.15, 0.2) is 0 Å². The SMILES string of the molecule is N#Cc1ccc([N+](=O)[O-])c(Oc2cc(F)ccc2Br)c1. The van der Waals surface area contributed by atoms with E-state index in [1.54, 1.807) is 0 Å². The molecule has 0 heterocycles. The van der Waals surface area contributed by atoms with Gasteiger partial charge in [0.25, 0.3) is 0 Å². The third kappa shape index (κ3) is 2.92. The third-order valence-electron chi connectivity index (χ3n) is 2.40. The topological polar surface area (TPSA) is 76.2 Å². The van der Waals surface area contributed by atoms with Crippen LogP contribution in [0.3, 0.4) is 0 Å². The average molecular weight is 337 g/mol. The van der Waals surface area contributed by atoms with Gasteiger partial charge in [-0.3, -0.25) is 10.1 Å². The summed E-state index contributed by atoms with van der Waals surface area (Å²) in [5.74, 6) is -0.578. The lowest BCUT2D eigenvalue weighted by molar-refractivity contribution is -0.385. The van der Waals surface area contributed by atoms with Crippen molar-refractivity contribution in [3.63, 3.8) is 0 Å². The Balaban J connectivity index is 2.49. The van der Waals surface area contributed by atoms with Crippen molar-refractivity contribution in [3.05, 3.63) is 62.4 Å². The molecule has 0 spiro atoms. The van der Waals surface area contributed by atoms with Crippen LogP contribution in [0.4, 0.5) is 10.1 Å². The molecule has 2 aromatic rings. The van der Waals surface area contributed by atoms with E-state index in [1.807, 2.05) is 6.07 Å². The van der Waals surface area contributed by atoms with Crippen molar-refractivity contribution >= 4 is 21.6 Å². The largest absolute Gasteiger partial charge is 0.449 e. The van der Waals surface area contributed by atoms with Crippen molar-refractivity contribution in [2.45, 2.75) is 0 Å². The number of halogens is 2. The molecule has 7 heteroatoms. The Morgan fingerprint density at radius 1 is 1.25 bits per heavy atom. The molecule has 0 amide bonds. The van der Waals surface area contributed by atoms with Crippen LogP contribution in [0.15, 0.2) is 40.9 Å². The fourth-order valence-corrected chi connectivity index (χ4v) is 1.82. The smallest absolute Gasteiger partial charge is 0.311 e. The number of nitrogens with zero attached hydrogens (tertiary/aromatic N) is 2. The van der Waals surface area contributed by atoms with Crippen molar-refractivity contribution in [3.8, 4) is 17.6 Å². The molecule has 0 saturated heterocycles. The summed E-state index contributed by atoms with van der Waals surface area (Å²) in [6, 6.07) is 9.30. The summed E-state index contributed by atoms with van der Waals surface area (Å²) in [6.45, 7) is 0. The Bertz CT molecular complexity index is 728. The summed E-state index contributed by atoms with van der Waals surface area (Å²) >= 11 is 3.16. The van der Waals surface area contributed by atoms with Crippen molar-refractivity contribution in [1.82, 2.24) is 0 Å². The normalized spacial score (nSPS) is 9.85. The maximum absolute atomic E-state index is 13.2. The zero-order valence-electron chi connectivity index (χ0n) is 9.84. The molecule has 0 aliphatic rings. The third-order valence-corrected chi connectivity index (χ3v) is 3.05. The molecule has 0 unspecified atom stereocenters. The molecule has 0 radical (unpaired) electrons. The highest BCUT2D eigenvalue weighted by Crippen LogP contribution is 2.35. The number of nitro benzene ring substituents is 1. The molecule has 0 fully saturated rings. The minimum absolute atomic E-state index is 0.0863. The highest BCUT2D eigenvalue weighted by molar-refractivity contribution is 9.10. The molecular formula is C13H6BrFN2O3. The summed E-state index contributed by atoms with van der Waals surface area (Å²) in [7, 11) is 0. The molecule has 0 aliphatic carbocycles. The van der Waals surface area contributed by atoms with E-state index in [2.05, 4.69) is 15.9 Å². The number of hydrogen-bond acceptors (Lipinski definition) is 4. The van der Waals surface area contributed by atoms with Gasteiger partial charge >= 0.3 is 5.69 Å². The Morgan fingerprint density at radius 2 is 2.00 bits per heavy atom. The first-order valence-electron chi connectivity index (χ1n) is 5.32. The number of hydrogen-bond donors (Lipinski definition) is 0. The van der Waals surface area contributed by atoms with Crippen molar-refractivity contribution in [2.75, 3.05) is 0 Å². The average Bonchev–Trinajstić information content (AvgIpc) is 2.42. The van der Waals surface area contributed by atoms with Crippen LogP contribution in [0.25, 0.3) is 0 Å². The molecule has 0 bridgehead atoms. The van der Waals surface area contributed by atoms with Gasteiger partial charge in [-0.15, -0.1) is 0 Å². The van der Waals surface area contributed by atoms with Gasteiger partial charge in [-0.2, -0.15) is 5.26 Å². The van der Waals surface area contributed by atoms with Crippen LogP contribution >= 0.6 is 15.9 Å². The second-order valence-electron chi connectivity index (χ2n) is 3.73. The molecule has 5 nitrogen and oxygen atoms in total. The molecule has 0 atom stereocenters. The number of nitriles is 1. The van der Waals surface area contributed by atoms with E-state index in [4.69, 9.17) is 10.00 Å². The zero-order chi connectivity index (χ0) is 14.7. The summed E-state index contributed by atoms with van der Waals surface area (Å²) in [5, 5.41) is 19.7. The van der Waals surface area contributed by atoms with E-state index in [1.165, 1.54) is 30.3 Å². The molecule has 0 saturated carbocycles. The van der Waals surface area contributed by atoms with Crippen molar-refractivity contribution < 1.29 is 14.1 Å². The van der Waals surface area contributed by atoms with Gasteiger partial charge in [-0.1, -0.05) is 0 Å². The van der Waals surface area contributed by atoms with Gasteiger partial charge in [-0.05, 0) is 34.1 Å². The van der Waals surface area contributed by atoms with E-state index in [0.29, 0.717) is 4.47 Å². The van der Waals surface area contributed by atoms with Gasteiger partial charge in [0.05, 0.1) is 21.0 Å². The number of rotatable bonds is 3. The molecule has 100 valence electrons.